The van der Waals surface area contributed by atoms with Crippen molar-refractivity contribution in [2.24, 2.45) is 0 Å². The summed E-state index contributed by atoms with van der Waals surface area (Å²) in [6.07, 6.45) is 4.59. The average Bonchev–Trinajstić information content (AvgIpc) is 2.79. The third-order valence-corrected chi connectivity index (χ3v) is 6.47. The normalized spacial score (nSPS) is 19.6. The molecule has 2 atom stereocenters. The van der Waals surface area contributed by atoms with Crippen LogP contribution in [-0.2, 0) is 28.8 Å². The first-order valence-corrected chi connectivity index (χ1v) is 15.3. The number of aromatic nitrogens is 2. The maximum absolute atomic E-state index is 13.7. The maximum atomic E-state index is 13.7. The van der Waals surface area contributed by atoms with Gasteiger partial charge in [0.25, 0.3) is 0 Å². The Hall–Kier alpha value is -2.89. The molecule has 1 aliphatic rings. The largest absolute Gasteiger partial charge is 0.460 e. The Labute approximate surface area is 236 Å². The molecule has 1 N–H and O–H groups in total. The number of esters is 1. The minimum absolute atomic E-state index is 0.0485. The minimum Gasteiger partial charge on any atom is -0.460 e. The summed E-state index contributed by atoms with van der Waals surface area (Å²) in [5.74, 6) is -1.88. The smallest absolute Gasteiger partial charge is 0.308 e. The lowest BCUT2D eigenvalue weighted by atomic mass is 9.97. The highest BCUT2D eigenvalue weighted by Gasteiger charge is 2.36. The van der Waals surface area contributed by atoms with Crippen molar-refractivity contribution in [3.63, 3.8) is 0 Å². The van der Waals surface area contributed by atoms with Crippen molar-refractivity contribution in [2.45, 2.75) is 90.8 Å². The Morgan fingerprint density at radius 2 is 1.85 bits per heavy atom. The highest BCUT2D eigenvalue weighted by atomic mass is 32.2. The Kier molecular flexibility index (Phi) is 9.74. The number of benzene rings is 1. The SMILES string of the molecule is CC(C)c1nc(NCS(C)(=O)=O)nc(-c2ccc(F)cc2)c1/C=C/C1CC(CC(=O)OC(C)(C)C)OC(C)(C)O1. The number of anilines is 1. The highest BCUT2D eigenvalue weighted by Crippen LogP contribution is 2.33. The Morgan fingerprint density at radius 3 is 2.42 bits per heavy atom. The summed E-state index contributed by atoms with van der Waals surface area (Å²) in [7, 11) is -3.32. The lowest BCUT2D eigenvalue weighted by Crippen LogP contribution is -2.45. The third-order valence-electron chi connectivity index (χ3n) is 5.80. The summed E-state index contributed by atoms with van der Waals surface area (Å²) in [6, 6.07) is 5.92. The molecule has 1 aromatic carbocycles. The molecule has 0 spiro atoms. The Balaban J connectivity index is 1.99. The molecule has 0 aliphatic carbocycles. The van der Waals surface area contributed by atoms with E-state index in [1.165, 1.54) is 12.1 Å². The van der Waals surface area contributed by atoms with Crippen molar-refractivity contribution >= 4 is 27.8 Å². The summed E-state index contributed by atoms with van der Waals surface area (Å²) in [4.78, 5) is 21.7. The van der Waals surface area contributed by atoms with Gasteiger partial charge in [-0.05, 0) is 64.8 Å². The number of ether oxygens (including phenoxy) is 3. The van der Waals surface area contributed by atoms with Gasteiger partial charge in [-0.1, -0.05) is 26.0 Å². The van der Waals surface area contributed by atoms with Crippen LogP contribution >= 0.6 is 0 Å². The van der Waals surface area contributed by atoms with Crippen LogP contribution in [-0.4, -0.2) is 60.1 Å². The summed E-state index contributed by atoms with van der Waals surface area (Å²) in [5.41, 5.74) is 1.94. The van der Waals surface area contributed by atoms with Gasteiger partial charge < -0.3 is 19.5 Å². The van der Waals surface area contributed by atoms with Gasteiger partial charge in [0, 0.05) is 23.8 Å². The fraction of sp³-hybridized carbons (Fsp3) is 0.552. The van der Waals surface area contributed by atoms with E-state index in [1.807, 2.05) is 46.8 Å². The van der Waals surface area contributed by atoms with E-state index in [0.29, 0.717) is 28.9 Å². The van der Waals surface area contributed by atoms with Gasteiger partial charge in [0.2, 0.25) is 5.95 Å². The Bertz CT molecular complexity index is 1330. The minimum atomic E-state index is -3.32. The molecule has 220 valence electrons. The van der Waals surface area contributed by atoms with Crippen LogP contribution in [0.4, 0.5) is 10.3 Å². The predicted octanol–water partition coefficient (Wildman–Crippen LogP) is 5.48. The van der Waals surface area contributed by atoms with E-state index in [4.69, 9.17) is 14.2 Å². The molecule has 3 rings (SSSR count). The second-order valence-electron chi connectivity index (χ2n) is 11.8. The summed E-state index contributed by atoms with van der Waals surface area (Å²) >= 11 is 0. The zero-order valence-electron chi connectivity index (χ0n) is 24.4. The van der Waals surface area contributed by atoms with Crippen molar-refractivity contribution in [1.29, 1.82) is 0 Å². The fourth-order valence-corrected chi connectivity index (χ4v) is 4.75. The monoisotopic (exact) mass is 577 g/mol. The van der Waals surface area contributed by atoms with Crippen LogP contribution in [0, 0.1) is 5.82 Å². The van der Waals surface area contributed by atoms with E-state index >= 15 is 0 Å². The van der Waals surface area contributed by atoms with Crippen molar-refractivity contribution < 1.29 is 31.8 Å². The summed E-state index contributed by atoms with van der Waals surface area (Å²) < 4.78 is 54.9. The molecule has 1 aliphatic heterocycles. The lowest BCUT2D eigenvalue weighted by Gasteiger charge is -2.39. The third kappa shape index (κ3) is 9.64. The molecule has 9 nitrogen and oxygen atoms in total. The molecule has 0 saturated carbocycles. The fourth-order valence-electron chi connectivity index (χ4n) is 4.36. The first kappa shape index (κ1) is 31.6. The number of nitrogens with zero attached hydrogens (tertiary/aromatic N) is 2. The molecule has 2 heterocycles. The van der Waals surface area contributed by atoms with E-state index in [-0.39, 0.29) is 42.1 Å². The lowest BCUT2D eigenvalue weighted by molar-refractivity contribution is -0.290. The molecular formula is C29H40FN3O6S. The molecule has 0 radical (unpaired) electrons. The quantitative estimate of drug-likeness (QED) is 0.387. The number of carbonyl (C=O) groups excluding carboxylic acids is 1. The molecule has 0 amide bonds. The number of rotatable bonds is 9. The first-order chi connectivity index (χ1) is 18.4. The van der Waals surface area contributed by atoms with Crippen LogP contribution in [0.2, 0.25) is 0 Å². The first-order valence-electron chi connectivity index (χ1n) is 13.3. The maximum Gasteiger partial charge on any atom is 0.308 e. The number of halogens is 1. The Morgan fingerprint density at radius 1 is 1.20 bits per heavy atom. The average molecular weight is 578 g/mol. The second kappa shape index (κ2) is 12.3. The van der Waals surface area contributed by atoms with E-state index in [1.54, 1.807) is 26.0 Å². The van der Waals surface area contributed by atoms with Gasteiger partial charge in [0.1, 0.15) is 17.3 Å². The van der Waals surface area contributed by atoms with Gasteiger partial charge in [-0.25, -0.2) is 22.8 Å². The topological polar surface area (TPSA) is 117 Å². The number of carbonyl (C=O) groups is 1. The van der Waals surface area contributed by atoms with Gasteiger partial charge in [0.05, 0.1) is 30.0 Å². The van der Waals surface area contributed by atoms with Crippen LogP contribution in [0.5, 0.6) is 0 Å². The van der Waals surface area contributed by atoms with E-state index in [9.17, 15) is 17.6 Å². The zero-order chi connectivity index (χ0) is 29.9. The van der Waals surface area contributed by atoms with Crippen LogP contribution in [0.25, 0.3) is 17.3 Å². The van der Waals surface area contributed by atoms with Gasteiger partial charge in [-0.15, -0.1) is 0 Å². The van der Waals surface area contributed by atoms with E-state index in [0.717, 1.165) is 6.26 Å². The van der Waals surface area contributed by atoms with Crippen LogP contribution in [0.3, 0.4) is 0 Å². The highest BCUT2D eigenvalue weighted by molar-refractivity contribution is 7.90. The van der Waals surface area contributed by atoms with Crippen LogP contribution in [0.1, 0.15) is 78.5 Å². The summed E-state index contributed by atoms with van der Waals surface area (Å²) in [5, 5.41) is 2.79. The van der Waals surface area contributed by atoms with Crippen molar-refractivity contribution in [2.75, 3.05) is 17.4 Å². The number of sulfone groups is 1. The van der Waals surface area contributed by atoms with Gasteiger partial charge in [-0.2, -0.15) is 0 Å². The molecule has 1 aromatic heterocycles. The molecule has 1 fully saturated rings. The standard InChI is InChI=1S/C29H40FN3O6S/c1-18(2)25-23(14-13-21-15-22(38-29(6,7)37-21)16-24(34)39-28(3,4)5)26(19-9-11-20(30)12-10-19)33-27(32-25)31-17-40(8,35)36/h9-14,18,21-22H,15-17H2,1-8H3,(H,31,32,33)/b14-13+. The van der Waals surface area contributed by atoms with Gasteiger partial charge in [-0.3, -0.25) is 4.79 Å². The van der Waals surface area contributed by atoms with Crippen LogP contribution in [0.15, 0.2) is 30.3 Å². The van der Waals surface area contributed by atoms with Gasteiger partial charge >= 0.3 is 5.97 Å². The summed E-state index contributed by atoms with van der Waals surface area (Å²) in [6.45, 7) is 13.0. The zero-order valence-corrected chi connectivity index (χ0v) is 25.3. The number of nitrogens with one attached hydrogen (secondary N) is 1. The second-order valence-corrected chi connectivity index (χ2v) is 13.9. The van der Waals surface area contributed by atoms with Crippen LogP contribution < -0.4 is 5.32 Å². The van der Waals surface area contributed by atoms with Crippen molar-refractivity contribution in [3.05, 3.63) is 47.4 Å². The molecule has 40 heavy (non-hydrogen) atoms. The number of hydrogen-bond donors (Lipinski definition) is 1. The molecular weight excluding hydrogens is 537 g/mol. The number of hydrogen-bond acceptors (Lipinski definition) is 9. The molecule has 2 unspecified atom stereocenters. The predicted molar refractivity (Wildman–Crippen MR) is 153 cm³/mol. The van der Waals surface area contributed by atoms with E-state index in [2.05, 4.69) is 15.3 Å². The molecule has 2 aromatic rings. The molecule has 1 saturated heterocycles. The van der Waals surface area contributed by atoms with E-state index < -0.39 is 27.3 Å². The molecule has 11 heteroatoms. The molecule has 0 bridgehead atoms. The van der Waals surface area contributed by atoms with Gasteiger partial charge in [0.15, 0.2) is 15.6 Å². The van der Waals surface area contributed by atoms with Crippen molar-refractivity contribution in [3.8, 4) is 11.3 Å². The van der Waals surface area contributed by atoms with Crippen molar-refractivity contribution in [1.82, 2.24) is 9.97 Å².